The van der Waals surface area contributed by atoms with Crippen molar-refractivity contribution in [2.75, 3.05) is 6.67 Å². The fraction of sp³-hybridized carbons (Fsp3) is 0.250. The first kappa shape index (κ1) is 23.7. The Hall–Kier alpha value is -3.60. The molecule has 2 unspecified atom stereocenters. The number of carboxylic acid groups (broad SMARTS) is 1. The van der Waals surface area contributed by atoms with Crippen molar-refractivity contribution in [1.29, 1.82) is 0 Å². The number of alkyl carbamates (subject to hydrolysis) is 1. The lowest BCUT2D eigenvalue weighted by molar-refractivity contribution is -0.143. The second-order valence-electron chi connectivity index (χ2n) is 6.28. The molecule has 0 spiro atoms. The molecule has 11 heteroatoms. The maximum Gasteiger partial charge on any atom is 0.408 e. The average molecular weight is 450 g/mol. The van der Waals surface area contributed by atoms with Gasteiger partial charge in [-0.25, -0.2) is 9.18 Å². The molecule has 0 aliphatic rings. The van der Waals surface area contributed by atoms with Crippen LogP contribution in [0.5, 0.6) is 0 Å². The standard InChI is InChI=1S/C20H19FN2O7S/c21-9-15(24)18(27)14(8-16(25)26)22-19(28)17(13-6-7-31-11-13)23-20(29)30-10-12-4-2-1-3-5-12/h1-7,11,14,17H,8-10H2,(H,22,28)(H,23,29)(H,25,26). The summed E-state index contributed by atoms with van der Waals surface area (Å²) in [5.74, 6) is -5.28. The van der Waals surface area contributed by atoms with E-state index in [0.29, 0.717) is 11.1 Å². The van der Waals surface area contributed by atoms with E-state index < -0.39 is 54.7 Å². The van der Waals surface area contributed by atoms with Gasteiger partial charge in [-0.3, -0.25) is 19.2 Å². The summed E-state index contributed by atoms with van der Waals surface area (Å²) in [4.78, 5) is 59.3. The Morgan fingerprint density at radius 2 is 1.77 bits per heavy atom. The van der Waals surface area contributed by atoms with E-state index in [-0.39, 0.29) is 6.61 Å². The van der Waals surface area contributed by atoms with E-state index >= 15 is 0 Å². The van der Waals surface area contributed by atoms with Gasteiger partial charge in [-0.15, -0.1) is 0 Å². The third-order valence-corrected chi connectivity index (χ3v) is 4.72. The zero-order valence-corrected chi connectivity index (χ0v) is 16.9. The van der Waals surface area contributed by atoms with Crippen LogP contribution in [0.1, 0.15) is 23.6 Å². The molecule has 0 fully saturated rings. The molecule has 0 aliphatic heterocycles. The fourth-order valence-corrected chi connectivity index (χ4v) is 3.21. The number of thiophene rings is 1. The van der Waals surface area contributed by atoms with Crippen LogP contribution in [0, 0.1) is 0 Å². The SMILES string of the molecule is O=C(O)CC(NC(=O)C(NC(=O)OCc1ccccc1)c1ccsc1)C(=O)C(=O)CF. The van der Waals surface area contributed by atoms with Crippen LogP contribution < -0.4 is 10.6 Å². The van der Waals surface area contributed by atoms with Crippen molar-refractivity contribution in [3.8, 4) is 0 Å². The number of alkyl halides is 1. The van der Waals surface area contributed by atoms with Crippen molar-refractivity contribution in [3.05, 3.63) is 58.3 Å². The molecular weight excluding hydrogens is 431 g/mol. The zero-order valence-electron chi connectivity index (χ0n) is 16.1. The van der Waals surface area contributed by atoms with Crippen molar-refractivity contribution in [1.82, 2.24) is 10.6 Å². The molecule has 31 heavy (non-hydrogen) atoms. The smallest absolute Gasteiger partial charge is 0.408 e. The van der Waals surface area contributed by atoms with Crippen LogP contribution in [0.15, 0.2) is 47.2 Å². The van der Waals surface area contributed by atoms with Crippen LogP contribution in [0.25, 0.3) is 0 Å². The lowest BCUT2D eigenvalue weighted by atomic mass is 10.0. The fourth-order valence-electron chi connectivity index (χ4n) is 2.52. The van der Waals surface area contributed by atoms with E-state index in [2.05, 4.69) is 10.6 Å². The molecule has 2 atom stereocenters. The maximum absolute atomic E-state index is 12.7. The van der Waals surface area contributed by atoms with E-state index in [1.54, 1.807) is 41.1 Å². The molecule has 0 bridgehead atoms. The molecule has 0 saturated heterocycles. The molecule has 0 radical (unpaired) electrons. The van der Waals surface area contributed by atoms with Crippen molar-refractivity contribution < 1.29 is 38.2 Å². The third-order valence-electron chi connectivity index (χ3n) is 4.02. The number of amides is 2. The Morgan fingerprint density at radius 3 is 2.35 bits per heavy atom. The summed E-state index contributed by atoms with van der Waals surface area (Å²) in [6.07, 6.45) is -1.86. The minimum absolute atomic E-state index is 0.0597. The summed E-state index contributed by atoms with van der Waals surface area (Å²) in [6.45, 7) is -1.68. The van der Waals surface area contributed by atoms with E-state index in [0.717, 1.165) is 0 Å². The van der Waals surface area contributed by atoms with Gasteiger partial charge >= 0.3 is 12.1 Å². The van der Waals surface area contributed by atoms with Gasteiger partial charge in [0.2, 0.25) is 17.5 Å². The van der Waals surface area contributed by atoms with Crippen molar-refractivity contribution in [3.63, 3.8) is 0 Å². The Kier molecular flexibility index (Phi) is 8.82. The van der Waals surface area contributed by atoms with E-state index in [1.807, 2.05) is 0 Å². The molecule has 2 amide bonds. The van der Waals surface area contributed by atoms with Gasteiger partial charge in [-0.05, 0) is 28.0 Å². The quantitative estimate of drug-likeness (QED) is 0.444. The van der Waals surface area contributed by atoms with Crippen molar-refractivity contribution in [2.24, 2.45) is 0 Å². The van der Waals surface area contributed by atoms with E-state index in [9.17, 15) is 28.4 Å². The summed E-state index contributed by atoms with van der Waals surface area (Å²) >= 11 is 1.23. The number of ether oxygens (including phenoxy) is 1. The highest BCUT2D eigenvalue weighted by molar-refractivity contribution is 7.08. The van der Waals surface area contributed by atoms with Gasteiger partial charge in [0.25, 0.3) is 0 Å². The van der Waals surface area contributed by atoms with Gasteiger partial charge < -0.3 is 20.5 Å². The number of carbonyl (C=O) groups is 5. The number of carbonyl (C=O) groups excluding carboxylic acids is 4. The van der Waals surface area contributed by atoms with Crippen LogP contribution in [-0.4, -0.2) is 47.4 Å². The highest BCUT2D eigenvalue weighted by Crippen LogP contribution is 2.18. The molecule has 1 aromatic heterocycles. The largest absolute Gasteiger partial charge is 0.481 e. The van der Waals surface area contributed by atoms with Crippen LogP contribution in [-0.2, 0) is 30.5 Å². The summed E-state index contributed by atoms with van der Waals surface area (Å²) in [6, 6.07) is 7.21. The third kappa shape index (κ3) is 7.30. The predicted octanol–water partition coefficient (Wildman–Crippen LogP) is 1.78. The Labute approximate surface area is 180 Å². The van der Waals surface area contributed by atoms with Gasteiger partial charge in [0.15, 0.2) is 6.67 Å². The number of Topliss-reactive ketones (excluding diaryl/α,β-unsaturated/α-hetero) is 2. The van der Waals surface area contributed by atoms with E-state index in [4.69, 9.17) is 9.84 Å². The molecule has 0 saturated carbocycles. The highest BCUT2D eigenvalue weighted by atomic mass is 32.1. The lowest BCUT2D eigenvalue weighted by Crippen LogP contribution is -2.50. The first-order valence-electron chi connectivity index (χ1n) is 8.96. The number of nitrogens with one attached hydrogen (secondary N) is 2. The summed E-state index contributed by atoms with van der Waals surface area (Å²) in [5.41, 5.74) is 1.06. The monoisotopic (exact) mass is 450 g/mol. The number of hydrogen-bond acceptors (Lipinski definition) is 7. The second kappa shape index (κ2) is 11.6. The second-order valence-corrected chi connectivity index (χ2v) is 7.06. The first-order valence-corrected chi connectivity index (χ1v) is 9.90. The number of hydrogen-bond donors (Lipinski definition) is 3. The number of aliphatic carboxylic acids is 1. The Morgan fingerprint density at radius 1 is 1.06 bits per heavy atom. The Bertz CT molecular complexity index is 934. The molecule has 164 valence electrons. The molecule has 2 aromatic rings. The van der Waals surface area contributed by atoms with Gasteiger partial charge in [-0.2, -0.15) is 11.3 Å². The van der Waals surface area contributed by atoms with E-state index in [1.165, 1.54) is 17.4 Å². The number of benzene rings is 1. The van der Waals surface area contributed by atoms with Crippen LogP contribution in [0.4, 0.5) is 9.18 Å². The summed E-state index contributed by atoms with van der Waals surface area (Å²) in [5, 5.41) is 16.6. The Balaban J connectivity index is 2.11. The van der Waals surface area contributed by atoms with Crippen molar-refractivity contribution >= 4 is 40.9 Å². The van der Waals surface area contributed by atoms with Crippen molar-refractivity contribution in [2.45, 2.75) is 25.1 Å². The molecule has 9 nitrogen and oxygen atoms in total. The molecule has 0 aliphatic carbocycles. The summed E-state index contributed by atoms with van der Waals surface area (Å²) in [7, 11) is 0. The minimum Gasteiger partial charge on any atom is -0.481 e. The van der Waals surface area contributed by atoms with Crippen LogP contribution in [0.2, 0.25) is 0 Å². The number of halogens is 1. The van der Waals surface area contributed by atoms with Crippen LogP contribution in [0.3, 0.4) is 0 Å². The first-order chi connectivity index (χ1) is 14.8. The maximum atomic E-state index is 12.7. The predicted molar refractivity (Wildman–Crippen MR) is 107 cm³/mol. The molecular formula is C20H19FN2O7S. The molecule has 1 aromatic carbocycles. The molecule has 3 N–H and O–H groups in total. The number of carboxylic acids is 1. The zero-order chi connectivity index (χ0) is 22.8. The highest BCUT2D eigenvalue weighted by Gasteiger charge is 2.32. The topological polar surface area (TPSA) is 139 Å². The van der Waals surface area contributed by atoms with Gasteiger partial charge in [0.1, 0.15) is 18.7 Å². The van der Waals surface area contributed by atoms with Gasteiger partial charge in [0.05, 0.1) is 6.42 Å². The average Bonchev–Trinajstić information content (AvgIpc) is 3.29. The minimum atomic E-state index is -1.78. The summed E-state index contributed by atoms with van der Waals surface area (Å²) < 4.78 is 17.6. The number of ketones is 2. The number of rotatable bonds is 11. The lowest BCUT2D eigenvalue weighted by Gasteiger charge is -2.21. The molecule has 1 heterocycles. The molecule has 2 rings (SSSR count). The van der Waals surface area contributed by atoms with Gasteiger partial charge in [0, 0.05) is 0 Å². The normalized spacial score (nSPS) is 12.3. The van der Waals surface area contributed by atoms with Gasteiger partial charge in [-0.1, -0.05) is 30.3 Å². The van der Waals surface area contributed by atoms with Crippen LogP contribution >= 0.6 is 11.3 Å².